The summed E-state index contributed by atoms with van der Waals surface area (Å²) in [6.45, 7) is 13.3. The quantitative estimate of drug-likeness (QED) is 0.467. The summed E-state index contributed by atoms with van der Waals surface area (Å²) in [6.07, 6.45) is 3.50. The Hall–Kier alpha value is -0.720. The largest absolute Gasteiger partial charge is 0.394 e. The van der Waals surface area contributed by atoms with Crippen LogP contribution in [0, 0.1) is 0 Å². The molecule has 0 atom stereocenters. The smallest absolute Gasteiger partial charge is 0.0701 e. The van der Waals surface area contributed by atoms with Gasteiger partial charge in [-0.2, -0.15) is 0 Å². The number of hydrogen-bond donors (Lipinski definition) is 2. The van der Waals surface area contributed by atoms with Gasteiger partial charge >= 0.3 is 0 Å². The second-order valence-corrected chi connectivity index (χ2v) is 3.10. The minimum atomic E-state index is 0.0413. The van der Waals surface area contributed by atoms with Gasteiger partial charge in [0.15, 0.2) is 0 Å². The summed E-state index contributed by atoms with van der Waals surface area (Å²) < 4.78 is 15.0. The first-order valence-electron chi connectivity index (χ1n) is 6.34. The highest BCUT2D eigenvalue weighted by Gasteiger charge is 1.89. The summed E-state index contributed by atoms with van der Waals surface area (Å²) in [7, 11) is 0. The molecule has 19 heavy (non-hydrogen) atoms. The van der Waals surface area contributed by atoms with Crippen molar-refractivity contribution >= 4 is 0 Å². The minimum Gasteiger partial charge on any atom is -0.394 e. The molecular formula is C14H30O5. The third-order valence-electron chi connectivity index (χ3n) is 1.22. The summed E-state index contributed by atoms with van der Waals surface area (Å²) in [5.74, 6) is 0. The third-order valence-corrected chi connectivity index (χ3v) is 1.22. The fraction of sp³-hybridized carbons (Fsp3) is 0.714. The van der Waals surface area contributed by atoms with Crippen molar-refractivity contribution in [1.82, 2.24) is 0 Å². The van der Waals surface area contributed by atoms with E-state index in [4.69, 9.17) is 24.4 Å². The van der Waals surface area contributed by atoms with Gasteiger partial charge in [-0.25, -0.2) is 0 Å². The maximum Gasteiger partial charge on any atom is 0.0701 e. The fourth-order valence-electron chi connectivity index (χ4n) is 0.671. The Bertz CT molecular complexity index is 135. The number of aliphatic hydroxyl groups is 2. The molecule has 2 N–H and O–H groups in total. The zero-order chi connectivity index (χ0) is 15.2. The summed E-state index contributed by atoms with van der Waals surface area (Å²) in [5.41, 5.74) is 0. The lowest BCUT2D eigenvalue weighted by Crippen LogP contribution is -2.11. The highest BCUT2D eigenvalue weighted by molar-refractivity contribution is 4.52. The van der Waals surface area contributed by atoms with E-state index in [9.17, 15) is 0 Å². The lowest BCUT2D eigenvalue weighted by atomic mass is 10.7. The van der Waals surface area contributed by atoms with Crippen LogP contribution in [0.5, 0.6) is 0 Å². The Labute approximate surface area is 117 Å². The summed E-state index contributed by atoms with van der Waals surface area (Å²) >= 11 is 0. The number of allylic oxidation sites excluding steroid dienone is 2. The molecule has 0 aromatic carbocycles. The third kappa shape index (κ3) is 46.8. The van der Waals surface area contributed by atoms with Crippen LogP contribution in [0.3, 0.4) is 0 Å². The van der Waals surface area contributed by atoms with E-state index < -0.39 is 0 Å². The molecule has 0 bridgehead atoms. The van der Waals surface area contributed by atoms with E-state index in [0.29, 0.717) is 39.6 Å². The molecule has 5 heteroatoms. The van der Waals surface area contributed by atoms with Crippen molar-refractivity contribution < 1.29 is 24.4 Å². The van der Waals surface area contributed by atoms with Crippen molar-refractivity contribution in [2.24, 2.45) is 0 Å². The summed E-state index contributed by atoms with van der Waals surface area (Å²) in [4.78, 5) is 0. The van der Waals surface area contributed by atoms with Crippen LogP contribution in [0.1, 0.15) is 13.8 Å². The molecule has 0 aliphatic heterocycles. The average Bonchev–Trinajstić information content (AvgIpc) is 2.39. The van der Waals surface area contributed by atoms with E-state index in [0.717, 1.165) is 0 Å². The molecule has 0 spiro atoms. The molecule has 0 unspecified atom stereocenters. The van der Waals surface area contributed by atoms with Crippen molar-refractivity contribution in [2.75, 3.05) is 52.9 Å². The maximum atomic E-state index is 8.36. The molecule has 0 rings (SSSR count). The normalized spacial score (nSPS) is 8.63. The van der Waals surface area contributed by atoms with Crippen LogP contribution in [-0.4, -0.2) is 63.1 Å². The Morgan fingerprint density at radius 2 is 0.895 bits per heavy atom. The van der Waals surface area contributed by atoms with E-state index in [1.165, 1.54) is 0 Å². The Kier molecular flexibility index (Phi) is 37.4. The molecule has 0 radical (unpaired) electrons. The monoisotopic (exact) mass is 278 g/mol. The lowest BCUT2D eigenvalue weighted by molar-refractivity contribution is 0.00230. The van der Waals surface area contributed by atoms with Crippen molar-refractivity contribution in [3.8, 4) is 0 Å². The average molecular weight is 278 g/mol. The Morgan fingerprint density at radius 3 is 1.11 bits per heavy atom. The van der Waals surface area contributed by atoms with Gasteiger partial charge in [0.1, 0.15) is 0 Å². The topological polar surface area (TPSA) is 68.2 Å². The van der Waals surface area contributed by atoms with E-state index in [1.807, 2.05) is 13.8 Å². The van der Waals surface area contributed by atoms with E-state index in [1.54, 1.807) is 12.2 Å². The Balaban J connectivity index is -0.000000360. The highest BCUT2D eigenvalue weighted by Crippen LogP contribution is 1.80. The lowest BCUT2D eigenvalue weighted by Gasteiger charge is -2.04. The molecule has 5 nitrogen and oxygen atoms in total. The zero-order valence-electron chi connectivity index (χ0n) is 12.3. The SMILES string of the molecule is C=CC.C=CC.OCCOCCOCCOCCO. The summed E-state index contributed by atoms with van der Waals surface area (Å²) in [5, 5.41) is 16.7. The molecule has 0 heterocycles. The molecule has 0 saturated carbocycles. The first-order chi connectivity index (χ1) is 9.24. The first-order valence-corrected chi connectivity index (χ1v) is 6.34. The van der Waals surface area contributed by atoms with Crippen molar-refractivity contribution in [3.63, 3.8) is 0 Å². The zero-order valence-corrected chi connectivity index (χ0v) is 12.3. The van der Waals surface area contributed by atoms with Crippen LogP contribution in [-0.2, 0) is 14.2 Å². The number of hydrogen-bond acceptors (Lipinski definition) is 5. The minimum absolute atomic E-state index is 0.0413. The van der Waals surface area contributed by atoms with Gasteiger partial charge in [-0.3, -0.25) is 0 Å². The maximum absolute atomic E-state index is 8.36. The number of ether oxygens (including phenoxy) is 3. The summed E-state index contributed by atoms with van der Waals surface area (Å²) in [6, 6.07) is 0. The van der Waals surface area contributed by atoms with Crippen LogP contribution in [0.15, 0.2) is 25.3 Å². The van der Waals surface area contributed by atoms with E-state index in [-0.39, 0.29) is 13.2 Å². The van der Waals surface area contributed by atoms with Crippen molar-refractivity contribution in [2.45, 2.75) is 13.8 Å². The van der Waals surface area contributed by atoms with Crippen LogP contribution < -0.4 is 0 Å². The number of rotatable bonds is 10. The molecule has 0 aliphatic carbocycles. The number of aliphatic hydroxyl groups excluding tert-OH is 2. The standard InChI is InChI=1S/C8H18O5.2C3H6/c9-1-3-11-5-7-13-8-6-12-4-2-10;2*1-3-2/h9-10H,1-8H2;2*3H,1H2,2H3. The van der Waals surface area contributed by atoms with Gasteiger partial charge in [0.2, 0.25) is 0 Å². The molecule has 0 fully saturated rings. The van der Waals surface area contributed by atoms with Gasteiger partial charge in [-0.1, -0.05) is 12.2 Å². The molecule has 0 amide bonds. The fourth-order valence-corrected chi connectivity index (χ4v) is 0.671. The molecule has 0 aliphatic rings. The van der Waals surface area contributed by atoms with Gasteiger partial charge < -0.3 is 24.4 Å². The highest BCUT2D eigenvalue weighted by atomic mass is 16.5. The Morgan fingerprint density at radius 1 is 0.684 bits per heavy atom. The second-order valence-electron chi connectivity index (χ2n) is 3.10. The van der Waals surface area contributed by atoms with Gasteiger partial charge in [-0.15, -0.1) is 13.2 Å². The molecular weight excluding hydrogens is 248 g/mol. The van der Waals surface area contributed by atoms with E-state index >= 15 is 0 Å². The van der Waals surface area contributed by atoms with Gasteiger partial charge in [0, 0.05) is 0 Å². The molecule has 0 aromatic rings. The van der Waals surface area contributed by atoms with Crippen LogP contribution >= 0.6 is 0 Å². The van der Waals surface area contributed by atoms with Gasteiger partial charge in [0.05, 0.1) is 52.9 Å². The predicted octanol–water partition coefficient (Wildman–Crippen LogP) is 1.41. The van der Waals surface area contributed by atoms with Gasteiger partial charge in [0.25, 0.3) is 0 Å². The van der Waals surface area contributed by atoms with Crippen LogP contribution in [0.2, 0.25) is 0 Å². The predicted molar refractivity (Wildman–Crippen MR) is 78.4 cm³/mol. The first kappa shape index (κ1) is 23.4. The van der Waals surface area contributed by atoms with Crippen molar-refractivity contribution in [1.29, 1.82) is 0 Å². The molecule has 0 saturated heterocycles. The molecule has 0 aromatic heterocycles. The van der Waals surface area contributed by atoms with Gasteiger partial charge in [-0.05, 0) is 13.8 Å². The molecule has 116 valence electrons. The van der Waals surface area contributed by atoms with Crippen molar-refractivity contribution in [3.05, 3.63) is 25.3 Å². The van der Waals surface area contributed by atoms with Crippen LogP contribution in [0.25, 0.3) is 0 Å². The van der Waals surface area contributed by atoms with E-state index in [2.05, 4.69) is 13.2 Å². The second kappa shape index (κ2) is 30.4. The van der Waals surface area contributed by atoms with Crippen LogP contribution in [0.4, 0.5) is 0 Å².